The van der Waals surface area contributed by atoms with Gasteiger partial charge in [-0.15, -0.1) is 0 Å². The normalized spacial score (nSPS) is 27.0. The summed E-state index contributed by atoms with van der Waals surface area (Å²) in [5.41, 5.74) is -0.935. The summed E-state index contributed by atoms with van der Waals surface area (Å²) < 4.78 is 5.69. The van der Waals surface area contributed by atoms with Crippen LogP contribution in [0.25, 0.3) is 0 Å². The minimum absolute atomic E-state index is 0.0606. The van der Waals surface area contributed by atoms with Gasteiger partial charge in [0, 0.05) is 13.1 Å². The molecule has 1 fully saturated rings. The third-order valence-corrected chi connectivity index (χ3v) is 4.91. The van der Waals surface area contributed by atoms with Gasteiger partial charge in [0.15, 0.2) is 0 Å². The molecule has 0 aromatic carbocycles. The van der Waals surface area contributed by atoms with Gasteiger partial charge in [0.05, 0.1) is 15.9 Å². The smallest absolute Gasteiger partial charge is 0.328 e. The van der Waals surface area contributed by atoms with Gasteiger partial charge in [0.2, 0.25) is 0 Å². The molecule has 1 aromatic rings. The maximum atomic E-state index is 11.9. The first kappa shape index (κ1) is 14.1. The van der Waals surface area contributed by atoms with E-state index in [1.165, 1.54) is 11.0 Å². The molecule has 2 amide bonds. The standard InChI is InChI=1S/C12H15N3O5S/c1-12(2)10(16)8(14-4-3-13-11(14)17)9-6(20-12)5-7(21-9)15(18)19/h5,8,10,16H,3-4H2,1-2H3,(H,13,17)/t8-,10+/m0/s1. The quantitative estimate of drug-likeness (QED) is 0.631. The monoisotopic (exact) mass is 313 g/mol. The SMILES string of the molecule is CC1(C)Oc2cc([N+](=O)[O-])sc2[C@H](N2CCNC2=O)[C@H]1O. The number of rotatable bonds is 2. The molecule has 0 aliphatic carbocycles. The van der Waals surface area contributed by atoms with Crippen LogP contribution in [0, 0.1) is 10.1 Å². The fourth-order valence-electron chi connectivity index (χ4n) is 2.68. The number of hydrogen-bond acceptors (Lipinski definition) is 6. The third-order valence-electron chi connectivity index (χ3n) is 3.77. The van der Waals surface area contributed by atoms with E-state index in [9.17, 15) is 20.0 Å². The number of aliphatic hydroxyl groups excluding tert-OH is 1. The van der Waals surface area contributed by atoms with Gasteiger partial charge in [0.1, 0.15) is 23.5 Å². The van der Waals surface area contributed by atoms with E-state index in [0.29, 0.717) is 23.7 Å². The van der Waals surface area contributed by atoms with Crippen LogP contribution < -0.4 is 10.1 Å². The molecule has 0 bridgehead atoms. The predicted molar refractivity (Wildman–Crippen MR) is 74.5 cm³/mol. The first-order valence-corrected chi connectivity index (χ1v) is 7.32. The second kappa shape index (κ2) is 4.57. The highest BCUT2D eigenvalue weighted by Crippen LogP contribution is 2.49. The Hall–Kier alpha value is -1.87. The second-order valence-corrected chi connectivity index (χ2v) is 6.65. The molecule has 21 heavy (non-hydrogen) atoms. The molecule has 2 atom stereocenters. The molecule has 1 aromatic heterocycles. The third kappa shape index (κ3) is 2.12. The number of aliphatic hydroxyl groups is 1. The molecule has 8 nitrogen and oxygen atoms in total. The van der Waals surface area contributed by atoms with Crippen LogP contribution in [0.5, 0.6) is 5.75 Å². The Morgan fingerprint density at radius 3 is 2.90 bits per heavy atom. The number of amides is 2. The van der Waals surface area contributed by atoms with Crippen LogP contribution in [0.1, 0.15) is 24.8 Å². The second-order valence-electron chi connectivity index (χ2n) is 5.59. The van der Waals surface area contributed by atoms with E-state index < -0.39 is 22.7 Å². The van der Waals surface area contributed by atoms with Crippen molar-refractivity contribution in [1.82, 2.24) is 10.2 Å². The zero-order valence-corrected chi connectivity index (χ0v) is 12.3. The number of urea groups is 1. The van der Waals surface area contributed by atoms with Crippen molar-refractivity contribution in [1.29, 1.82) is 0 Å². The molecule has 2 N–H and O–H groups in total. The maximum Gasteiger partial charge on any atom is 0.328 e. The minimum Gasteiger partial charge on any atom is -0.484 e. The zero-order valence-electron chi connectivity index (χ0n) is 11.5. The Balaban J connectivity index is 2.09. The Morgan fingerprint density at radius 2 is 2.33 bits per heavy atom. The molecular weight excluding hydrogens is 298 g/mol. The van der Waals surface area contributed by atoms with Crippen molar-refractivity contribution in [2.45, 2.75) is 31.6 Å². The van der Waals surface area contributed by atoms with Gasteiger partial charge < -0.3 is 20.1 Å². The topological polar surface area (TPSA) is 105 Å². The summed E-state index contributed by atoms with van der Waals surface area (Å²) in [7, 11) is 0. The first-order chi connectivity index (χ1) is 9.81. The summed E-state index contributed by atoms with van der Waals surface area (Å²) in [5.74, 6) is 0.367. The number of hydrogen-bond donors (Lipinski definition) is 2. The number of ether oxygens (including phenoxy) is 1. The molecule has 114 valence electrons. The Morgan fingerprint density at radius 1 is 1.62 bits per heavy atom. The van der Waals surface area contributed by atoms with Crippen LogP contribution in [0.4, 0.5) is 9.80 Å². The van der Waals surface area contributed by atoms with Crippen LogP contribution in [-0.4, -0.2) is 45.8 Å². The molecule has 3 rings (SSSR count). The summed E-state index contributed by atoms with van der Waals surface area (Å²) >= 11 is 0.939. The molecule has 0 unspecified atom stereocenters. The summed E-state index contributed by atoms with van der Waals surface area (Å²) in [6.07, 6.45) is -0.966. The van der Waals surface area contributed by atoms with Crippen molar-refractivity contribution >= 4 is 22.4 Å². The highest BCUT2D eigenvalue weighted by Gasteiger charge is 2.49. The number of carbonyl (C=O) groups is 1. The number of thiophene rings is 1. The zero-order chi connectivity index (χ0) is 15.4. The average Bonchev–Trinajstić information content (AvgIpc) is 2.97. The highest BCUT2D eigenvalue weighted by atomic mass is 32.1. The fourth-order valence-corrected chi connectivity index (χ4v) is 3.73. The molecule has 2 aliphatic heterocycles. The average molecular weight is 313 g/mol. The lowest BCUT2D eigenvalue weighted by Gasteiger charge is -2.43. The Labute approximate surface area is 124 Å². The Kier molecular flexibility index (Phi) is 3.06. The lowest BCUT2D eigenvalue weighted by Crippen LogP contribution is -2.53. The Bertz CT molecular complexity index is 614. The van der Waals surface area contributed by atoms with Crippen molar-refractivity contribution in [3.63, 3.8) is 0 Å². The van der Waals surface area contributed by atoms with Crippen LogP contribution in [0.15, 0.2) is 6.07 Å². The van der Waals surface area contributed by atoms with Crippen molar-refractivity contribution in [2.75, 3.05) is 13.1 Å². The molecular formula is C12H15N3O5S. The fraction of sp³-hybridized carbons (Fsp3) is 0.583. The van der Waals surface area contributed by atoms with Crippen molar-refractivity contribution in [2.24, 2.45) is 0 Å². The van der Waals surface area contributed by atoms with E-state index in [-0.39, 0.29) is 11.0 Å². The van der Waals surface area contributed by atoms with Crippen LogP contribution in [-0.2, 0) is 0 Å². The van der Waals surface area contributed by atoms with Gasteiger partial charge in [-0.1, -0.05) is 11.3 Å². The van der Waals surface area contributed by atoms with Gasteiger partial charge in [-0.2, -0.15) is 0 Å². The van der Waals surface area contributed by atoms with Crippen LogP contribution in [0.3, 0.4) is 0 Å². The van der Waals surface area contributed by atoms with E-state index in [4.69, 9.17) is 4.74 Å². The van der Waals surface area contributed by atoms with Crippen molar-refractivity contribution in [3.8, 4) is 5.75 Å². The van der Waals surface area contributed by atoms with E-state index in [1.807, 2.05) is 0 Å². The number of nitrogens with zero attached hydrogens (tertiary/aromatic N) is 2. The lowest BCUT2D eigenvalue weighted by atomic mass is 9.90. The molecule has 2 aliphatic rings. The van der Waals surface area contributed by atoms with Gasteiger partial charge >= 0.3 is 11.0 Å². The van der Waals surface area contributed by atoms with Crippen LogP contribution in [0.2, 0.25) is 0 Å². The predicted octanol–water partition coefficient (Wildman–Crippen LogP) is 1.25. The minimum atomic E-state index is -0.966. The maximum absolute atomic E-state index is 11.9. The number of carbonyl (C=O) groups excluding carboxylic acids is 1. The summed E-state index contributed by atoms with van der Waals surface area (Å²) in [6.45, 7) is 4.34. The summed E-state index contributed by atoms with van der Waals surface area (Å²) in [6, 6.07) is 0.443. The van der Waals surface area contributed by atoms with Gasteiger partial charge in [-0.3, -0.25) is 10.1 Å². The number of nitrogens with one attached hydrogen (secondary N) is 1. The molecule has 0 saturated carbocycles. The lowest BCUT2D eigenvalue weighted by molar-refractivity contribution is -0.380. The number of fused-ring (bicyclic) bond motifs is 1. The number of nitro groups is 1. The summed E-state index contributed by atoms with van der Waals surface area (Å²) in [5, 5.41) is 24.1. The van der Waals surface area contributed by atoms with E-state index >= 15 is 0 Å². The van der Waals surface area contributed by atoms with E-state index in [0.717, 1.165) is 11.3 Å². The molecule has 0 radical (unpaired) electrons. The van der Waals surface area contributed by atoms with E-state index in [2.05, 4.69) is 5.32 Å². The van der Waals surface area contributed by atoms with Crippen molar-refractivity contribution < 1.29 is 19.6 Å². The highest BCUT2D eigenvalue weighted by molar-refractivity contribution is 7.15. The molecule has 1 saturated heterocycles. The molecule has 3 heterocycles. The van der Waals surface area contributed by atoms with Gasteiger partial charge in [-0.05, 0) is 13.8 Å². The van der Waals surface area contributed by atoms with Crippen molar-refractivity contribution in [3.05, 3.63) is 21.1 Å². The summed E-state index contributed by atoms with van der Waals surface area (Å²) in [4.78, 5) is 24.4. The first-order valence-electron chi connectivity index (χ1n) is 6.51. The largest absolute Gasteiger partial charge is 0.484 e. The van der Waals surface area contributed by atoms with E-state index in [1.54, 1.807) is 13.8 Å². The molecule has 9 heteroatoms. The van der Waals surface area contributed by atoms with Crippen LogP contribution >= 0.6 is 11.3 Å². The molecule has 0 spiro atoms. The van der Waals surface area contributed by atoms with Gasteiger partial charge in [-0.25, -0.2) is 4.79 Å². The van der Waals surface area contributed by atoms with Gasteiger partial charge in [0.25, 0.3) is 0 Å².